The fraction of sp³-hybridized carbons (Fsp3) is 0. The predicted molar refractivity (Wildman–Crippen MR) is 166 cm³/mol. The molecule has 0 saturated carbocycles. The van der Waals surface area contributed by atoms with Gasteiger partial charge in [-0.2, -0.15) is 0 Å². The highest BCUT2D eigenvalue weighted by molar-refractivity contribution is 7.24. The highest BCUT2D eigenvalue weighted by Gasteiger charge is 2.22. The van der Waals surface area contributed by atoms with Crippen molar-refractivity contribution in [3.8, 4) is 32.0 Å². The maximum Gasteiger partial charge on any atom is 0.266 e. The summed E-state index contributed by atoms with van der Waals surface area (Å²) in [6.45, 7) is 0. The molecular weight excluding hydrogens is 519 g/mol. The molecule has 4 heterocycles. The van der Waals surface area contributed by atoms with E-state index in [-0.39, 0.29) is 11.1 Å². The van der Waals surface area contributed by atoms with Crippen LogP contribution < -0.4 is 11.1 Å². The van der Waals surface area contributed by atoms with Gasteiger partial charge in [-0.15, -0.1) is 22.7 Å². The zero-order valence-electron chi connectivity index (χ0n) is 20.5. The molecule has 0 unspecified atom stereocenters. The number of aromatic nitrogens is 1. The summed E-state index contributed by atoms with van der Waals surface area (Å²) in [6.07, 6.45) is 0. The second-order valence-corrected chi connectivity index (χ2v) is 11.8. The Kier molecular flexibility index (Phi) is 4.86. The van der Waals surface area contributed by atoms with Crippen molar-refractivity contribution in [1.29, 1.82) is 0 Å². The lowest BCUT2D eigenvalue weighted by Crippen LogP contribution is -2.26. The van der Waals surface area contributed by atoms with E-state index < -0.39 is 0 Å². The van der Waals surface area contributed by atoms with E-state index in [1.54, 1.807) is 22.7 Å². The third-order valence-corrected chi connectivity index (χ3v) is 9.81. The molecule has 5 heteroatoms. The number of hydrogen-bond donors (Lipinski definition) is 0. The summed E-state index contributed by atoms with van der Waals surface area (Å²) in [5.41, 5.74) is 4.47. The second kappa shape index (κ2) is 8.46. The Morgan fingerprint density at radius 3 is 1.28 bits per heavy atom. The number of thiophene rings is 2. The van der Waals surface area contributed by atoms with Gasteiger partial charge in [0.2, 0.25) is 0 Å². The molecule has 39 heavy (non-hydrogen) atoms. The van der Waals surface area contributed by atoms with Crippen LogP contribution in [0.5, 0.6) is 0 Å². The zero-order valence-corrected chi connectivity index (χ0v) is 22.2. The van der Waals surface area contributed by atoms with Gasteiger partial charge in [-0.3, -0.25) is 9.59 Å². The van der Waals surface area contributed by atoms with E-state index in [2.05, 4.69) is 48.5 Å². The molecule has 184 valence electrons. The van der Waals surface area contributed by atoms with Crippen LogP contribution in [0.3, 0.4) is 0 Å². The molecule has 4 aromatic heterocycles. The molecule has 0 aliphatic carbocycles. The van der Waals surface area contributed by atoms with Gasteiger partial charge in [-0.05, 0) is 46.5 Å². The molecule has 4 aromatic carbocycles. The molecule has 0 atom stereocenters. The minimum absolute atomic E-state index is 0.257. The molecule has 0 saturated heterocycles. The molecule has 0 radical (unpaired) electrons. The molecule has 0 amide bonds. The third-order valence-electron chi connectivity index (χ3n) is 7.38. The average molecular weight is 538 g/mol. The first-order chi connectivity index (χ1) is 19.2. The van der Waals surface area contributed by atoms with Gasteiger partial charge >= 0.3 is 0 Å². The normalized spacial score (nSPS) is 11.8. The van der Waals surface area contributed by atoms with Gasteiger partial charge in [0, 0.05) is 29.9 Å². The standard InChI is InChI=1S/C34H19NO2S2/c36-33-26-18-28(21-12-6-2-7-13-21)38-31(26)24-16-23(20-10-4-1-5-11-20)17-25-30(24)35(33)34(37)27-19-29(39-32(25)27)22-14-8-3-9-15-22/h1-19H. The maximum absolute atomic E-state index is 14.0. The zero-order chi connectivity index (χ0) is 26.1. The number of nitrogens with zero attached hydrogens (tertiary/aromatic N) is 1. The van der Waals surface area contributed by atoms with Crippen molar-refractivity contribution in [2.45, 2.75) is 0 Å². The van der Waals surface area contributed by atoms with Gasteiger partial charge in [-0.25, -0.2) is 4.40 Å². The number of pyridine rings is 2. The average Bonchev–Trinajstić information content (AvgIpc) is 3.65. The molecule has 0 fully saturated rings. The van der Waals surface area contributed by atoms with Crippen molar-refractivity contribution < 1.29 is 0 Å². The molecule has 8 aromatic rings. The molecule has 0 N–H and O–H groups in total. The molecule has 0 spiro atoms. The second-order valence-electron chi connectivity index (χ2n) is 9.67. The van der Waals surface area contributed by atoms with Crippen LogP contribution in [0, 0.1) is 0 Å². The summed E-state index contributed by atoms with van der Waals surface area (Å²) in [5.74, 6) is 0. The van der Waals surface area contributed by atoms with E-state index >= 15 is 0 Å². The summed E-state index contributed by atoms with van der Waals surface area (Å²) in [5, 5.41) is 3.03. The van der Waals surface area contributed by atoms with Crippen LogP contribution in [0.15, 0.2) is 125 Å². The Hall–Kier alpha value is -4.58. The number of benzene rings is 4. The van der Waals surface area contributed by atoms with Gasteiger partial charge in [0.05, 0.1) is 16.3 Å². The van der Waals surface area contributed by atoms with Crippen LogP contribution in [-0.4, -0.2) is 4.40 Å². The summed E-state index contributed by atoms with van der Waals surface area (Å²) >= 11 is 3.23. The smallest absolute Gasteiger partial charge is 0.266 e. The van der Waals surface area contributed by atoms with Crippen molar-refractivity contribution >= 4 is 59.1 Å². The highest BCUT2D eigenvalue weighted by atomic mass is 32.1. The Labute approximate surface area is 230 Å². The molecule has 0 aliphatic rings. The van der Waals surface area contributed by atoms with Crippen LogP contribution in [-0.2, 0) is 0 Å². The lowest BCUT2D eigenvalue weighted by Gasteiger charge is -2.12. The quantitative estimate of drug-likeness (QED) is 0.226. The number of rotatable bonds is 3. The van der Waals surface area contributed by atoms with Crippen LogP contribution in [0.2, 0.25) is 0 Å². The molecule has 0 aliphatic heterocycles. The Bertz CT molecular complexity index is 2160. The van der Waals surface area contributed by atoms with Crippen molar-refractivity contribution in [2.24, 2.45) is 0 Å². The lowest BCUT2D eigenvalue weighted by atomic mass is 9.99. The lowest BCUT2D eigenvalue weighted by molar-refractivity contribution is 1.09. The van der Waals surface area contributed by atoms with E-state index in [4.69, 9.17) is 0 Å². The Morgan fingerprint density at radius 2 is 0.846 bits per heavy atom. The van der Waals surface area contributed by atoms with Crippen LogP contribution in [0.1, 0.15) is 0 Å². The largest absolute Gasteiger partial charge is 0.268 e. The Morgan fingerprint density at radius 1 is 0.436 bits per heavy atom. The summed E-state index contributed by atoms with van der Waals surface area (Å²) in [6, 6.07) is 38.7. The van der Waals surface area contributed by atoms with Crippen molar-refractivity contribution in [3.05, 3.63) is 136 Å². The van der Waals surface area contributed by atoms with Gasteiger partial charge in [-0.1, -0.05) is 91.0 Å². The van der Waals surface area contributed by atoms with Crippen molar-refractivity contribution in [2.75, 3.05) is 0 Å². The molecule has 8 rings (SSSR count). The van der Waals surface area contributed by atoms with Gasteiger partial charge in [0.15, 0.2) is 0 Å². The first-order valence-corrected chi connectivity index (χ1v) is 14.3. The van der Waals surface area contributed by atoms with E-state index in [1.807, 2.05) is 66.7 Å². The summed E-state index contributed by atoms with van der Waals surface area (Å²) in [7, 11) is 0. The number of fused-ring (bicyclic) bond motifs is 4. The number of hydrogen-bond acceptors (Lipinski definition) is 4. The SMILES string of the molecule is O=c1c2cc(-c3ccccc3)sc2c2cc(-c3ccccc3)cc3c4sc(-c5ccccc5)cc4c(=O)n1c23. The maximum atomic E-state index is 14.0. The van der Waals surface area contributed by atoms with Crippen LogP contribution in [0.4, 0.5) is 0 Å². The fourth-order valence-corrected chi connectivity index (χ4v) is 7.89. The molecule has 3 nitrogen and oxygen atoms in total. The summed E-state index contributed by atoms with van der Waals surface area (Å²) in [4.78, 5) is 30.0. The van der Waals surface area contributed by atoms with E-state index in [9.17, 15) is 9.59 Å². The fourth-order valence-electron chi connectivity index (χ4n) is 5.54. The Balaban J connectivity index is 1.57. The van der Waals surface area contributed by atoms with Gasteiger partial charge in [0.1, 0.15) is 0 Å². The van der Waals surface area contributed by atoms with Gasteiger partial charge in [0.25, 0.3) is 11.1 Å². The predicted octanol–water partition coefficient (Wildman–Crippen LogP) is 8.68. The van der Waals surface area contributed by atoms with Crippen molar-refractivity contribution in [3.63, 3.8) is 0 Å². The third kappa shape index (κ3) is 3.34. The molecular formula is C34H19NO2S2. The van der Waals surface area contributed by atoms with E-state index in [0.29, 0.717) is 16.3 Å². The van der Waals surface area contributed by atoms with E-state index in [1.165, 1.54) is 4.40 Å². The highest BCUT2D eigenvalue weighted by Crippen LogP contribution is 2.42. The van der Waals surface area contributed by atoms with Crippen LogP contribution >= 0.6 is 22.7 Å². The van der Waals surface area contributed by atoms with Crippen molar-refractivity contribution in [1.82, 2.24) is 4.40 Å². The van der Waals surface area contributed by atoms with E-state index in [0.717, 1.165) is 52.2 Å². The minimum Gasteiger partial charge on any atom is -0.268 e. The monoisotopic (exact) mass is 537 g/mol. The topological polar surface area (TPSA) is 38.5 Å². The van der Waals surface area contributed by atoms with Gasteiger partial charge < -0.3 is 0 Å². The molecule has 0 bridgehead atoms. The first-order valence-electron chi connectivity index (χ1n) is 12.7. The summed E-state index contributed by atoms with van der Waals surface area (Å²) < 4.78 is 3.24. The minimum atomic E-state index is -0.257. The van der Waals surface area contributed by atoms with Crippen LogP contribution in [0.25, 0.3) is 68.5 Å². The first kappa shape index (κ1) is 22.4.